The molecule has 1 atom stereocenters. The number of aromatic nitrogens is 1. The van der Waals surface area contributed by atoms with Crippen molar-refractivity contribution in [2.24, 2.45) is 0 Å². The molecule has 20 heavy (non-hydrogen) atoms. The van der Waals surface area contributed by atoms with Gasteiger partial charge >= 0.3 is 0 Å². The molecule has 0 aromatic carbocycles. The summed E-state index contributed by atoms with van der Waals surface area (Å²) in [6.07, 6.45) is 3.00. The van der Waals surface area contributed by atoms with E-state index in [-0.39, 0.29) is 10.9 Å². The second-order valence-electron chi connectivity index (χ2n) is 4.80. The Kier molecular flexibility index (Phi) is 4.95. The molecule has 0 spiro atoms. The zero-order valence-corrected chi connectivity index (χ0v) is 12.7. The second kappa shape index (κ2) is 6.51. The van der Waals surface area contributed by atoms with Gasteiger partial charge in [-0.1, -0.05) is 6.92 Å². The van der Waals surface area contributed by atoms with Crippen molar-refractivity contribution in [3.63, 3.8) is 0 Å². The lowest BCUT2D eigenvalue weighted by molar-refractivity contribution is 0.334. The smallest absolute Gasteiger partial charge is 0.244 e. The summed E-state index contributed by atoms with van der Waals surface area (Å²) < 4.78 is 32.0. The van der Waals surface area contributed by atoms with Crippen LogP contribution in [-0.4, -0.2) is 50.5 Å². The van der Waals surface area contributed by atoms with Crippen LogP contribution >= 0.6 is 0 Å². The number of rotatable bonds is 6. The first-order valence-corrected chi connectivity index (χ1v) is 8.26. The molecular weight excluding hydrogens is 278 g/mol. The first kappa shape index (κ1) is 15.2. The van der Waals surface area contributed by atoms with Gasteiger partial charge in [-0.05, 0) is 25.5 Å². The van der Waals surface area contributed by atoms with E-state index in [1.807, 2.05) is 6.92 Å². The number of pyridine rings is 1. The summed E-state index contributed by atoms with van der Waals surface area (Å²) in [5.41, 5.74) is 0. The molecule has 1 aliphatic heterocycles. The molecule has 1 fully saturated rings. The number of sulfonamides is 1. The van der Waals surface area contributed by atoms with Crippen molar-refractivity contribution in [2.45, 2.75) is 30.7 Å². The highest BCUT2D eigenvalue weighted by atomic mass is 32.2. The fourth-order valence-corrected chi connectivity index (χ4v) is 4.07. The van der Waals surface area contributed by atoms with E-state index < -0.39 is 10.0 Å². The topological polar surface area (TPSA) is 71.5 Å². The minimum Gasteiger partial charge on any atom is -0.481 e. The van der Waals surface area contributed by atoms with Crippen molar-refractivity contribution in [1.82, 2.24) is 14.6 Å². The molecule has 7 heteroatoms. The molecule has 1 N–H and O–H groups in total. The molecule has 2 heterocycles. The van der Waals surface area contributed by atoms with E-state index in [1.165, 1.54) is 13.3 Å². The molecule has 0 aliphatic carbocycles. The third-order valence-corrected chi connectivity index (χ3v) is 5.35. The van der Waals surface area contributed by atoms with E-state index in [1.54, 1.807) is 16.4 Å². The fraction of sp³-hybridized carbons (Fsp3) is 0.615. The third kappa shape index (κ3) is 3.11. The predicted octanol–water partition coefficient (Wildman–Crippen LogP) is 0.853. The molecule has 0 saturated carbocycles. The van der Waals surface area contributed by atoms with Gasteiger partial charge in [0.2, 0.25) is 15.9 Å². The van der Waals surface area contributed by atoms with Crippen LogP contribution in [0.4, 0.5) is 0 Å². The van der Waals surface area contributed by atoms with Crippen molar-refractivity contribution < 1.29 is 13.2 Å². The maximum atomic E-state index is 12.7. The van der Waals surface area contributed by atoms with Crippen molar-refractivity contribution >= 4 is 10.0 Å². The normalized spacial score (nSPS) is 19.4. The van der Waals surface area contributed by atoms with E-state index in [0.717, 1.165) is 19.4 Å². The van der Waals surface area contributed by atoms with Crippen LogP contribution in [0.1, 0.15) is 19.8 Å². The maximum absolute atomic E-state index is 12.7. The average molecular weight is 299 g/mol. The fourth-order valence-electron chi connectivity index (χ4n) is 2.38. The highest BCUT2D eigenvalue weighted by Gasteiger charge is 2.32. The molecule has 0 bridgehead atoms. The minimum atomic E-state index is -3.50. The quantitative estimate of drug-likeness (QED) is 0.843. The summed E-state index contributed by atoms with van der Waals surface area (Å²) in [5, 5.41) is 3.21. The molecule has 1 aromatic heterocycles. The van der Waals surface area contributed by atoms with Crippen LogP contribution in [0.3, 0.4) is 0 Å². The van der Waals surface area contributed by atoms with Gasteiger partial charge in [-0.2, -0.15) is 4.31 Å². The molecule has 1 aromatic rings. The van der Waals surface area contributed by atoms with E-state index in [2.05, 4.69) is 10.3 Å². The Morgan fingerprint density at radius 2 is 2.30 bits per heavy atom. The lowest BCUT2D eigenvalue weighted by Gasteiger charge is -2.27. The zero-order chi connectivity index (χ0) is 14.6. The Labute approximate surface area is 120 Å². The van der Waals surface area contributed by atoms with E-state index in [9.17, 15) is 8.42 Å². The Balaban J connectivity index is 2.28. The van der Waals surface area contributed by atoms with Crippen molar-refractivity contribution in [1.29, 1.82) is 0 Å². The average Bonchev–Trinajstić information content (AvgIpc) is 2.98. The second-order valence-corrected chi connectivity index (χ2v) is 6.69. The summed E-state index contributed by atoms with van der Waals surface area (Å²) in [6, 6.07) is 3.15. The van der Waals surface area contributed by atoms with Crippen LogP contribution in [0.5, 0.6) is 5.88 Å². The molecule has 0 amide bonds. The molecule has 6 nitrogen and oxygen atoms in total. The monoisotopic (exact) mass is 299 g/mol. The van der Waals surface area contributed by atoms with Gasteiger partial charge in [0.15, 0.2) is 0 Å². The van der Waals surface area contributed by atoms with Crippen LogP contribution < -0.4 is 10.1 Å². The lowest BCUT2D eigenvalue weighted by Crippen LogP contribution is -2.42. The van der Waals surface area contributed by atoms with Gasteiger partial charge < -0.3 is 10.1 Å². The highest BCUT2D eigenvalue weighted by Crippen LogP contribution is 2.22. The largest absolute Gasteiger partial charge is 0.481 e. The number of ether oxygens (including phenoxy) is 1. The predicted molar refractivity (Wildman–Crippen MR) is 76.2 cm³/mol. The Bertz CT molecular complexity index is 524. The molecule has 1 unspecified atom stereocenters. The van der Waals surface area contributed by atoms with Gasteiger partial charge in [-0.15, -0.1) is 0 Å². The van der Waals surface area contributed by atoms with Gasteiger partial charge in [0.1, 0.15) is 4.90 Å². The van der Waals surface area contributed by atoms with Crippen LogP contribution in [-0.2, 0) is 10.0 Å². The molecule has 1 saturated heterocycles. The number of nitrogens with zero attached hydrogens (tertiary/aromatic N) is 2. The van der Waals surface area contributed by atoms with Crippen LogP contribution in [0.15, 0.2) is 23.2 Å². The third-order valence-electron chi connectivity index (χ3n) is 3.41. The van der Waals surface area contributed by atoms with Crippen LogP contribution in [0.2, 0.25) is 0 Å². The highest BCUT2D eigenvalue weighted by molar-refractivity contribution is 7.89. The summed E-state index contributed by atoms with van der Waals surface area (Å²) in [6.45, 7) is 4.09. The first-order chi connectivity index (χ1) is 9.59. The summed E-state index contributed by atoms with van der Waals surface area (Å²) in [4.78, 5) is 4.21. The molecule has 0 radical (unpaired) electrons. The molecular formula is C13H21N3O3S. The minimum absolute atomic E-state index is 0.0297. The van der Waals surface area contributed by atoms with E-state index in [4.69, 9.17) is 4.74 Å². The maximum Gasteiger partial charge on any atom is 0.244 e. The van der Waals surface area contributed by atoms with Gasteiger partial charge in [-0.3, -0.25) is 0 Å². The summed E-state index contributed by atoms with van der Waals surface area (Å²) in [7, 11) is -1.99. The zero-order valence-electron chi connectivity index (χ0n) is 11.9. The van der Waals surface area contributed by atoms with Crippen LogP contribution in [0.25, 0.3) is 0 Å². The number of methoxy groups -OCH3 is 1. The Hall–Kier alpha value is -1.18. The van der Waals surface area contributed by atoms with E-state index in [0.29, 0.717) is 19.0 Å². The van der Waals surface area contributed by atoms with E-state index >= 15 is 0 Å². The first-order valence-electron chi connectivity index (χ1n) is 6.82. The van der Waals surface area contributed by atoms with Crippen molar-refractivity contribution in [3.8, 4) is 5.88 Å². The van der Waals surface area contributed by atoms with Gasteiger partial charge in [0, 0.05) is 25.2 Å². The summed E-state index contributed by atoms with van der Waals surface area (Å²) in [5.74, 6) is 0.411. The molecule has 112 valence electrons. The van der Waals surface area contributed by atoms with Crippen LogP contribution in [0, 0.1) is 0 Å². The lowest BCUT2D eigenvalue weighted by atomic mass is 10.2. The summed E-state index contributed by atoms with van der Waals surface area (Å²) >= 11 is 0. The number of nitrogens with one attached hydrogen (secondary N) is 1. The van der Waals surface area contributed by atoms with Gasteiger partial charge in [-0.25, -0.2) is 13.4 Å². The SMILES string of the molecule is CCCN(C1CCNC1)S(=O)(=O)c1ccc(OC)nc1. The van der Waals surface area contributed by atoms with Crippen molar-refractivity contribution in [3.05, 3.63) is 18.3 Å². The van der Waals surface area contributed by atoms with Crippen molar-refractivity contribution in [2.75, 3.05) is 26.7 Å². The van der Waals surface area contributed by atoms with Gasteiger partial charge in [0.05, 0.1) is 13.3 Å². The van der Waals surface area contributed by atoms with Gasteiger partial charge in [0.25, 0.3) is 0 Å². The Morgan fingerprint density at radius 1 is 1.50 bits per heavy atom. The standard InChI is InChI=1S/C13H21N3O3S/c1-3-8-16(11-6-7-14-9-11)20(17,18)12-4-5-13(19-2)15-10-12/h4-5,10-11,14H,3,6-9H2,1-2H3. The number of hydrogen-bond donors (Lipinski definition) is 1. The molecule has 1 aliphatic rings. The Morgan fingerprint density at radius 3 is 2.80 bits per heavy atom. The molecule has 2 rings (SSSR count). The number of hydrogen-bond acceptors (Lipinski definition) is 5.